The first-order valence-electron chi connectivity index (χ1n) is 8.56. The zero-order chi connectivity index (χ0) is 14.9. The first-order valence-corrected chi connectivity index (χ1v) is 10.9. The van der Waals surface area contributed by atoms with Gasteiger partial charge in [0.05, 0.1) is 0 Å². The molecule has 2 aromatic rings. The van der Waals surface area contributed by atoms with E-state index >= 15 is 0 Å². The average Bonchev–Trinajstić information content (AvgIpc) is 3.17. The minimum Gasteiger partial charge on any atom is -0.210 e. The van der Waals surface area contributed by atoms with Crippen LogP contribution in [0.4, 0.5) is 0 Å². The fourth-order valence-electron chi connectivity index (χ4n) is 3.23. The maximum atomic E-state index is 2.26. The van der Waals surface area contributed by atoms with Gasteiger partial charge >= 0.3 is 0 Å². The third-order valence-electron chi connectivity index (χ3n) is 4.30. The van der Waals surface area contributed by atoms with Gasteiger partial charge in [0, 0.05) is 35.4 Å². The molecular weight excluding hydrogens is 447 g/mol. The predicted molar refractivity (Wildman–Crippen MR) is 96.2 cm³/mol. The van der Waals surface area contributed by atoms with Gasteiger partial charge in [0.25, 0.3) is 0 Å². The summed E-state index contributed by atoms with van der Waals surface area (Å²) in [4.78, 5) is 0. The van der Waals surface area contributed by atoms with Crippen molar-refractivity contribution < 1.29 is 25.8 Å². The molecule has 0 fully saturated rings. The molecule has 4 rings (SSSR count). The van der Waals surface area contributed by atoms with Gasteiger partial charge < -0.3 is 0 Å². The molecule has 0 heterocycles. The molecule has 2 aliphatic carbocycles. The van der Waals surface area contributed by atoms with E-state index in [0.29, 0.717) is 0 Å². The molecular formula is C20H29HfSi-2. The standard InChI is InChI=1S/2C9H11.C2H7Si.Hf/c2*1-2-5-9-7-3-6-8(9)4-1;1-3-2;/h2*3,6-7H,1-2,4-5H2;3H,1-2H3;/q2*-1;;. The van der Waals surface area contributed by atoms with E-state index in [0.717, 1.165) is 9.52 Å². The molecule has 0 spiro atoms. The predicted octanol–water partition coefficient (Wildman–Crippen LogP) is 5.09. The molecule has 0 saturated heterocycles. The quantitative estimate of drug-likeness (QED) is 0.368. The molecule has 0 bridgehead atoms. The molecule has 119 valence electrons. The van der Waals surface area contributed by atoms with Crippen LogP contribution in [0.25, 0.3) is 0 Å². The first-order chi connectivity index (χ1) is 10.3. The first kappa shape index (κ1) is 19.8. The average molecular weight is 476 g/mol. The van der Waals surface area contributed by atoms with Crippen molar-refractivity contribution in [1.29, 1.82) is 0 Å². The molecule has 2 aromatic carbocycles. The third kappa shape index (κ3) is 6.12. The molecule has 0 nitrogen and oxygen atoms in total. The van der Waals surface area contributed by atoms with Crippen LogP contribution in [0.1, 0.15) is 47.9 Å². The monoisotopic (exact) mass is 477 g/mol. The fraction of sp³-hybridized carbons (Fsp3) is 0.500. The molecule has 0 N–H and O–H groups in total. The fourth-order valence-corrected chi connectivity index (χ4v) is 3.23. The Balaban J connectivity index is 0.000000181. The Morgan fingerprint density at radius 2 is 1.09 bits per heavy atom. The van der Waals surface area contributed by atoms with Gasteiger partial charge in [0.15, 0.2) is 0 Å². The number of fused-ring (bicyclic) bond motifs is 2. The number of hydrogen-bond donors (Lipinski definition) is 0. The summed E-state index contributed by atoms with van der Waals surface area (Å²) in [5.74, 6) is 0. The van der Waals surface area contributed by atoms with Gasteiger partial charge in [-0.05, 0) is 0 Å². The van der Waals surface area contributed by atoms with Crippen LogP contribution in [0.3, 0.4) is 0 Å². The van der Waals surface area contributed by atoms with Crippen LogP contribution in [0.15, 0.2) is 36.4 Å². The maximum absolute atomic E-state index is 2.26. The normalized spacial score (nSPS) is 15.0. The number of hydrogen-bond acceptors (Lipinski definition) is 0. The van der Waals surface area contributed by atoms with E-state index in [-0.39, 0.29) is 25.8 Å². The van der Waals surface area contributed by atoms with E-state index in [4.69, 9.17) is 0 Å². The summed E-state index contributed by atoms with van der Waals surface area (Å²) >= 11 is 0. The van der Waals surface area contributed by atoms with Gasteiger partial charge in [-0.3, -0.25) is 0 Å². The number of rotatable bonds is 0. The van der Waals surface area contributed by atoms with E-state index in [1.807, 2.05) is 0 Å². The summed E-state index contributed by atoms with van der Waals surface area (Å²) in [6.07, 6.45) is 10.9. The van der Waals surface area contributed by atoms with Crippen LogP contribution in [-0.2, 0) is 51.5 Å². The summed E-state index contributed by atoms with van der Waals surface area (Å²) in [7, 11) is 0.750. The zero-order valence-electron chi connectivity index (χ0n) is 14.2. The Morgan fingerprint density at radius 1 is 0.727 bits per heavy atom. The molecule has 1 radical (unpaired) electrons. The number of aryl methyl sites for hydroxylation is 4. The van der Waals surface area contributed by atoms with Crippen molar-refractivity contribution in [2.75, 3.05) is 0 Å². The minimum absolute atomic E-state index is 0. The summed E-state index contributed by atoms with van der Waals surface area (Å²) in [6, 6.07) is 13.4. The van der Waals surface area contributed by atoms with Crippen molar-refractivity contribution in [2.24, 2.45) is 0 Å². The van der Waals surface area contributed by atoms with Crippen LogP contribution >= 0.6 is 0 Å². The van der Waals surface area contributed by atoms with Gasteiger partial charge in [-0.1, -0.05) is 64.5 Å². The Bertz CT molecular complexity index is 422. The molecule has 2 aliphatic rings. The summed E-state index contributed by atoms with van der Waals surface area (Å²) in [5.41, 5.74) is 6.39. The van der Waals surface area contributed by atoms with Crippen molar-refractivity contribution in [2.45, 2.75) is 64.5 Å². The van der Waals surface area contributed by atoms with Crippen LogP contribution in [0.5, 0.6) is 0 Å². The Labute approximate surface area is 158 Å². The molecule has 0 atom stereocenters. The van der Waals surface area contributed by atoms with Crippen molar-refractivity contribution in [3.8, 4) is 0 Å². The van der Waals surface area contributed by atoms with Gasteiger partial charge in [0.1, 0.15) is 0 Å². The van der Waals surface area contributed by atoms with Crippen molar-refractivity contribution in [3.05, 3.63) is 58.7 Å². The molecule has 2 heteroatoms. The molecule has 0 amide bonds. The molecule has 0 aliphatic heterocycles. The van der Waals surface area contributed by atoms with Crippen LogP contribution in [-0.4, -0.2) is 9.52 Å². The van der Waals surface area contributed by atoms with Crippen LogP contribution in [0, 0.1) is 0 Å². The summed E-state index contributed by atoms with van der Waals surface area (Å²) in [6.45, 7) is 4.42. The van der Waals surface area contributed by atoms with Crippen molar-refractivity contribution >= 4 is 9.52 Å². The van der Waals surface area contributed by atoms with Crippen molar-refractivity contribution in [1.82, 2.24) is 0 Å². The van der Waals surface area contributed by atoms with E-state index in [9.17, 15) is 0 Å². The topological polar surface area (TPSA) is 0 Å². The van der Waals surface area contributed by atoms with E-state index in [2.05, 4.69) is 49.5 Å². The largest absolute Gasteiger partial charge is 0.210 e. The van der Waals surface area contributed by atoms with E-state index in [1.165, 1.54) is 51.4 Å². The second kappa shape index (κ2) is 11.3. The third-order valence-corrected chi connectivity index (χ3v) is 4.30. The summed E-state index contributed by atoms with van der Waals surface area (Å²) < 4.78 is 0. The zero-order valence-corrected chi connectivity index (χ0v) is 18.9. The molecule has 22 heavy (non-hydrogen) atoms. The molecule has 0 saturated carbocycles. The Hall–Kier alpha value is -0.213. The SMILES string of the molecule is C[SiH]C.[Hf].c1cc2c([cH-]1)CCCC2.c1cc2c([cH-]1)CCCC2. The van der Waals surface area contributed by atoms with Crippen LogP contribution in [0.2, 0.25) is 13.1 Å². The molecule has 0 aromatic heterocycles. The van der Waals surface area contributed by atoms with Gasteiger partial charge in [-0.2, -0.15) is 46.5 Å². The Kier molecular flexibility index (Phi) is 10.2. The van der Waals surface area contributed by atoms with E-state index in [1.54, 1.807) is 22.3 Å². The van der Waals surface area contributed by atoms with Crippen LogP contribution < -0.4 is 0 Å². The van der Waals surface area contributed by atoms with Gasteiger partial charge in [-0.15, -0.1) is 0 Å². The minimum atomic E-state index is 0. The summed E-state index contributed by atoms with van der Waals surface area (Å²) in [5, 5.41) is 0. The van der Waals surface area contributed by atoms with Gasteiger partial charge in [-0.25, -0.2) is 12.1 Å². The molecule has 0 unspecified atom stereocenters. The van der Waals surface area contributed by atoms with E-state index < -0.39 is 0 Å². The second-order valence-electron chi connectivity index (χ2n) is 6.14. The second-order valence-corrected chi connectivity index (χ2v) is 7.30. The van der Waals surface area contributed by atoms with Gasteiger partial charge in [0.2, 0.25) is 0 Å². The Morgan fingerprint density at radius 3 is 1.45 bits per heavy atom. The maximum Gasteiger partial charge on any atom is 0.0213 e. The van der Waals surface area contributed by atoms with Crippen molar-refractivity contribution in [3.63, 3.8) is 0 Å². The smallest absolute Gasteiger partial charge is 0.0213 e.